The summed E-state index contributed by atoms with van der Waals surface area (Å²) in [6.45, 7) is 0. The van der Waals surface area contributed by atoms with Crippen LogP contribution in [0.2, 0.25) is 0 Å². The number of benzene rings is 3. The monoisotopic (exact) mass is 422 g/mol. The van der Waals surface area contributed by atoms with Gasteiger partial charge in [0.25, 0.3) is 0 Å². The van der Waals surface area contributed by atoms with Gasteiger partial charge in [0, 0.05) is 23.6 Å². The summed E-state index contributed by atoms with van der Waals surface area (Å²) in [5, 5.41) is 0. The second kappa shape index (κ2) is 9.89. The Kier molecular flexibility index (Phi) is 7.03. The quantitative estimate of drug-likeness (QED) is 0.450. The van der Waals surface area contributed by atoms with Crippen LogP contribution < -0.4 is 14.2 Å². The molecule has 0 saturated heterocycles. The fourth-order valence-electron chi connectivity index (χ4n) is 3.30. The van der Waals surface area contributed by atoms with E-state index in [9.17, 15) is 14.0 Å². The number of Topliss-reactive ketones (excluding diaryl/α,β-unsaturated/α-hetero) is 2. The molecule has 0 aliphatic heterocycles. The second-order valence-corrected chi connectivity index (χ2v) is 6.89. The third-order valence-corrected chi connectivity index (χ3v) is 5.08. The average Bonchev–Trinajstić information content (AvgIpc) is 2.82. The van der Waals surface area contributed by atoms with Crippen LogP contribution in [-0.2, 0) is 0 Å². The van der Waals surface area contributed by atoms with Crippen LogP contribution in [0.5, 0.6) is 17.2 Å². The maximum absolute atomic E-state index is 14.9. The van der Waals surface area contributed by atoms with Gasteiger partial charge < -0.3 is 14.2 Å². The minimum Gasteiger partial charge on any atom is -0.497 e. The summed E-state index contributed by atoms with van der Waals surface area (Å²) in [5.41, 5.74) is 0.925. The highest BCUT2D eigenvalue weighted by Gasteiger charge is 2.28. The van der Waals surface area contributed by atoms with E-state index in [1.807, 2.05) is 0 Å². The lowest BCUT2D eigenvalue weighted by molar-refractivity contribution is 0.0891. The fourth-order valence-corrected chi connectivity index (χ4v) is 3.30. The summed E-state index contributed by atoms with van der Waals surface area (Å²) in [5.74, 6) is -0.680. The molecule has 3 rings (SSSR count). The molecule has 0 amide bonds. The molecule has 0 radical (unpaired) electrons. The normalized spacial score (nSPS) is 11.5. The topological polar surface area (TPSA) is 61.8 Å². The Morgan fingerprint density at radius 2 is 1.23 bits per heavy atom. The van der Waals surface area contributed by atoms with Crippen molar-refractivity contribution in [1.82, 2.24) is 0 Å². The molecule has 1 atom stereocenters. The minimum atomic E-state index is -0.992. The van der Waals surface area contributed by atoms with Crippen molar-refractivity contribution in [2.24, 2.45) is 0 Å². The molecule has 0 aliphatic carbocycles. The van der Waals surface area contributed by atoms with Crippen LogP contribution in [0.25, 0.3) is 0 Å². The molecule has 0 aliphatic rings. The van der Waals surface area contributed by atoms with Crippen molar-refractivity contribution in [2.45, 2.75) is 12.3 Å². The molecule has 160 valence electrons. The lowest BCUT2D eigenvalue weighted by Gasteiger charge is -2.18. The third-order valence-electron chi connectivity index (χ3n) is 5.08. The van der Waals surface area contributed by atoms with Gasteiger partial charge in [0.1, 0.15) is 23.1 Å². The maximum Gasteiger partial charge on any atom is 0.170 e. The van der Waals surface area contributed by atoms with E-state index < -0.39 is 11.7 Å². The van der Waals surface area contributed by atoms with Crippen molar-refractivity contribution in [2.75, 3.05) is 21.3 Å². The Morgan fingerprint density at radius 3 is 1.71 bits per heavy atom. The van der Waals surface area contributed by atoms with Gasteiger partial charge in [-0.25, -0.2) is 4.39 Å². The summed E-state index contributed by atoms with van der Waals surface area (Å²) in [6, 6.07) is 17.4. The van der Waals surface area contributed by atoms with Gasteiger partial charge in [-0.1, -0.05) is 6.07 Å². The van der Waals surface area contributed by atoms with Gasteiger partial charge in [-0.3, -0.25) is 9.59 Å². The van der Waals surface area contributed by atoms with Crippen molar-refractivity contribution in [3.8, 4) is 17.2 Å². The zero-order valence-electron chi connectivity index (χ0n) is 17.6. The number of carbonyl (C=O) groups is 2. The predicted molar refractivity (Wildman–Crippen MR) is 115 cm³/mol. The second-order valence-electron chi connectivity index (χ2n) is 6.89. The fraction of sp³-hybridized carbons (Fsp3) is 0.200. The minimum absolute atomic E-state index is 0.142. The molecule has 0 fully saturated rings. The smallest absolute Gasteiger partial charge is 0.170 e. The molecule has 3 aromatic rings. The van der Waals surface area contributed by atoms with E-state index >= 15 is 0 Å². The van der Waals surface area contributed by atoms with Gasteiger partial charge in [-0.05, 0) is 60.2 Å². The Balaban J connectivity index is 1.96. The van der Waals surface area contributed by atoms with Crippen LogP contribution in [0.15, 0.2) is 66.7 Å². The number of rotatable bonds is 9. The van der Waals surface area contributed by atoms with E-state index in [0.29, 0.717) is 28.4 Å². The number of hydrogen-bond acceptors (Lipinski definition) is 5. The maximum atomic E-state index is 14.9. The van der Waals surface area contributed by atoms with E-state index in [2.05, 4.69) is 0 Å². The van der Waals surface area contributed by atoms with Crippen LogP contribution >= 0.6 is 0 Å². The largest absolute Gasteiger partial charge is 0.497 e. The zero-order valence-corrected chi connectivity index (χ0v) is 17.6. The SMILES string of the molecule is COc1ccc(C(=O)CC(C(=O)c2ccc(OC)cc2)c2ccc(OC)cc2F)cc1. The number of halogens is 1. The number of carbonyl (C=O) groups excluding carboxylic acids is 2. The van der Waals surface area contributed by atoms with Crippen LogP contribution in [0.4, 0.5) is 4.39 Å². The Bertz CT molecular complexity index is 1060. The summed E-state index contributed by atoms with van der Waals surface area (Å²) in [7, 11) is 4.49. The predicted octanol–water partition coefficient (Wildman–Crippen LogP) is 5.09. The van der Waals surface area contributed by atoms with Crippen molar-refractivity contribution in [3.05, 3.63) is 89.2 Å². The summed E-state index contributed by atoms with van der Waals surface area (Å²) < 4.78 is 30.2. The number of ether oxygens (including phenoxy) is 3. The van der Waals surface area contributed by atoms with Gasteiger partial charge in [-0.2, -0.15) is 0 Å². The molecule has 0 spiro atoms. The molecular weight excluding hydrogens is 399 g/mol. The van der Waals surface area contributed by atoms with E-state index in [1.54, 1.807) is 54.6 Å². The lowest BCUT2D eigenvalue weighted by atomic mass is 9.85. The highest BCUT2D eigenvalue weighted by molar-refractivity contribution is 6.06. The van der Waals surface area contributed by atoms with E-state index in [4.69, 9.17) is 14.2 Å². The Hall–Kier alpha value is -3.67. The molecule has 0 aromatic heterocycles. The molecule has 6 heteroatoms. The summed E-state index contributed by atoms with van der Waals surface area (Å²) in [6.07, 6.45) is -0.180. The molecular formula is C25H23FO5. The van der Waals surface area contributed by atoms with Gasteiger partial charge in [0.05, 0.1) is 27.2 Å². The van der Waals surface area contributed by atoms with Gasteiger partial charge in [0.15, 0.2) is 11.6 Å². The molecule has 0 bridgehead atoms. The molecule has 0 heterocycles. The van der Waals surface area contributed by atoms with Gasteiger partial charge in [0.2, 0.25) is 0 Å². The van der Waals surface area contributed by atoms with Crippen molar-refractivity contribution < 1.29 is 28.2 Å². The first-order valence-electron chi connectivity index (χ1n) is 9.65. The van der Waals surface area contributed by atoms with Crippen LogP contribution in [0.1, 0.15) is 38.6 Å². The van der Waals surface area contributed by atoms with E-state index in [-0.39, 0.29) is 23.6 Å². The molecule has 31 heavy (non-hydrogen) atoms. The van der Waals surface area contributed by atoms with Crippen molar-refractivity contribution in [1.29, 1.82) is 0 Å². The highest BCUT2D eigenvalue weighted by atomic mass is 19.1. The number of ketones is 2. The van der Waals surface area contributed by atoms with Crippen molar-refractivity contribution >= 4 is 11.6 Å². The van der Waals surface area contributed by atoms with Crippen LogP contribution in [0.3, 0.4) is 0 Å². The molecule has 0 saturated carbocycles. The first-order valence-corrected chi connectivity index (χ1v) is 9.65. The molecule has 5 nitrogen and oxygen atoms in total. The third kappa shape index (κ3) is 5.09. The summed E-state index contributed by atoms with van der Waals surface area (Å²) >= 11 is 0. The van der Waals surface area contributed by atoms with E-state index in [1.165, 1.54) is 33.5 Å². The molecule has 3 aromatic carbocycles. The van der Waals surface area contributed by atoms with Gasteiger partial charge in [-0.15, -0.1) is 0 Å². The Morgan fingerprint density at radius 1 is 0.742 bits per heavy atom. The van der Waals surface area contributed by atoms with E-state index in [0.717, 1.165) is 0 Å². The number of hydrogen-bond donors (Lipinski definition) is 0. The molecule has 0 N–H and O–H groups in total. The standard InChI is InChI=1S/C25H23FO5/c1-29-18-8-4-16(5-9-18)24(27)15-22(21-13-12-20(31-3)14-23(21)26)25(28)17-6-10-19(30-2)11-7-17/h4-14,22H,15H2,1-3H3. The summed E-state index contributed by atoms with van der Waals surface area (Å²) in [4.78, 5) is 26.2. The zero-order chi connectivity index (χ0) is 22.4. The average molecular weight is 422 g/mol. The van der Waals surface area contributed by atoms with Crippen LogP contribution in [0, 0.1) is 5.82 Å². The first kappa shape index (κ1) is 22.0. The highest BCUT2D eigenvalue weighted by Crippen LogP contribution is 2.31. The van der Waals surface area contributed by atoms with Gasteiger partial charge >= 0.3 is 0 Å². The first-order chi connectivity index (χ1) is 15.0. The number of methoxy groups -OCH3 is 3. The Labute approximate surface area is 180 Å². The van der Waals surface area contributed by atoms with Crippen molar-refractivity contribution in [3.63, 3.8) is 0 Å². The van der Waals surface area contributed by atoms with Crippen LogP contribution in [-0.4, -0.2) is 32.9 Å². The lowest BCUT2D eigenvalue weighted by Crippen LogP contribution is -2.18. The molecule has 1 unspecified atom stereocenters.